The molecule has 2 heterocycles. The van der Waals surface area contributed by atoms with Crippen molar-refractivity contribution in [1.82, 2.24) is 9.97 Å². The molecule has 2 N–H and O–H groups in total. The molecular weight excluding hydrogens is 234 g/mol. The van der Waals surface area contributed by atoms with E-state index < -0.39 is 0 Å². The van der Waals surface area contributed by atoms with Gasteiger partial charge in [0.05, 0.1) is 35.7 Å². The van der Waals surface area contributed by atoms with Crippen LogP contribution in [0.4, 0.5) is 5.69 Å². The summed E-state index contributed by atoms with van der Waals surface area (Å²) in [5.74, 6) is 0. The van der Waals surface area contributed by atoms with Gasteiger partial charge in [0.25, 0.3) is 0 Å². The fraction of sp³-hybridized carbons (Fsp3) is 0.333. The zero-order valence-electron chi connectivity index (χ0n) is 9.68. The molecule has 0 bridgehead atoms. The lowest BCUT2D eigenvalue weighted by Gasteiger charge is -2.08. The van der Waals surface area contributed by atoms with Gasteiger partial charge in [0, 0.05) is 17.1 Å². The fourth-order valence-corrected chi connectivity index (χ4v) is 2.24. The van der Waals surface area contributed by atoms with Crippen molar-refractivity contribution >= 4 is 17.0 Å². The van der Waals surface area contributed by atoms with Gasteiger partial charge in [-0.25, -0.2) is 4.98 Å². The van der Waals surface area contributed by atoms with E-state index in [-0.39, 0.29) is 6.61 Å². The minimum atomic E-state index is 0.0160. The van der Waals surface area contributed by atoms with Gasteiger partial charge in [-0.2, -0.15) is 0 Å². The third kappa shape index (κ3) is 3.01. The highest BCUT2D eigenvalue weighted by Gasteiger charge is 2.03. The van der Waals surface area contributed by atoms with E-state index in [0.717, 1.165) is 28.4 Å². The lowest BCUT2D eigenvalue weighted by molar-refractivity contribution is 0.282. The molecule has 2 aromatic heterocycles. The van der Waals surface area contributed by atoms with Crippen LogP contribution in [0.25, 0.3) is 0 Å². The van der Waals surface area contributed by atoms with Crippen LogP contribution in [0.15, 0.2) is 23.8 Å². The number of nitrogens with zero attached hydrogens (tertiary/aromatic N) is 2. The minimum absolute atomic E-state index is 0.0160. The topological polar surface area (TPSA) is 58.0 Å². The van der Waals surface area contributed by atoms with Crippen LogP contribution in [0.5, 0.6) is 0 Å². The van der Waals surface area contributed by atoms with E-state index >= 15 is 0 Å². The van der Waals surface area contributed by atoms with Crippen molar-refractivity contribution in [3.8, 4) is 0 Å². The van der Waals surface area contributed by atoms with E-state index in [4.69, 9.17) is 0 Å². The first-order valence-corrected chi connectivity index (χ1v) is 6.42. The molecule has 0 radical (unpaired) electrons. The van der Waals surface area contributed by atoms with Crippen LogP contribution in [0, 0.1) is 0 Å². The fourth-order valence-electron chi connectivity index (χ4n) is 1.50. The highest BCUT2D eigenvalue weighted by molar-refractivity contribution is 7.09. The summed E-state index contributed by atoms with van der Waals surface area (Å²) in [4.78, 5) is 8.51. The van der Waals surface area contributed by atoms with Gasteiger partial charge in [-0.05, 0) is 12.5 Å². The van der Waals surface area contributed by atoms with Gasteiger partial charge in [0.15, 0.2) is 0 Å². The van der Waals surface area contributed by atoms with Gasteiger partial charge in [0.2, 0.25) is 0 Å². The third-order valence-corrected chi connectivity index (χ3v) is 3.49. The predicted molar refractivity (Wildman–Crippen MR) is 69.0 cm³/mol. The van der Waals surface area contributed by atoms with Gasteiger partial charge in [-0.1, -0.05) is 6.92 Å². The monoisotopic (exact) mass is 249 g/mol. The zero-order chi connectivity index (χ0) is 12.1. The predicted octanol–water partition coefficient (Wildman–Crippen LogP) is 2.20. The number of anilines is 1. The van der Waals surface area contributed by atoms with Gasteiger partial charge in [0.1, 0.15) is 0 Å². The molecule has 2 rings (SSSR count). The average molecular weight is 249 g/mol. The number of nitrogens with one attached hydrogen (secondary N) is 1. The lowest BCUT2D eigenvalue weighted by atomic mass is 10.2. The number of rotatable bonds is 5. The standard InChI is InChI=1S/C12H15N3OS/c1-2-12-15-10(8-17-12)5-14-11-6-13-4-3-9(11)7-16/h3-4,6,8,14,16H,2,5,7H2,1H3. The van der Waals surface area contributed by atoms with Crippen molar-refractivity contribution in [3.63, 3.8) is 0 Å². The van der Waals surface area contributed by atoms with Crippen LogP contribution in [-0.4, -0.2) is 15.1 Å². The van der Waals surface area contributed by atoms with Crippen LogP contribution in [-0.2, 0) is 19.6 Å². The molecule has 2 aromatic rings. The Bertz CT molecular complexity index is 484. The van der Waals surface area contributed by atoms with Crippen molar-refractivity contribution in [1.29, 1.82) is 0 Å². The Morgan fingerprint density at radius 2 is 2.35 bits per heavy atom. The van der Waals surface area contributed by atoms with Crippen molar-refractivity contribution in [2.45, 2.75) is 26.5 Å². The summed E-state index contributed by atoms with van der Waals surface area (Å²) in [6, 6.07) is 1.81. The molecule has 4 nitrogen and oxygen atoms in total. The Labute approximate surface area is 104 Å². The molecule has 90 valence electrons. The van der Waals surface area contributed by atoms with E-state index in [1.54, 1.807) is 29.8 Å². The molecule has 0 aliphatic rings. The maximum atomic E-state index is 9.18. The van der Waals surface area contributed by atoms with Crippen molar-refractivity contribution in [3.05, 3.63) is 40.1 Å². The normalized spacial score (nSPS) is 10.5. The maximum Gasteiger partial charge on any atom is 0.0926 e. The number of hydrogen-bond donors (Lipinski definition) is 2. The number of thiazole rings is 1. The first kappa shape index (κ1) is 12.0. The molecular formula is C12H15N3OS. The molecule has 0 aliphatic carbocycles. The molecule has 0 unspecified atom stereocenters. The van der Waals surface area contributed by atoms with Crippen LogP contribution in [0.3, 0.4) is 0 Å². The molecule has 0 saturated carbocycles. The van der Waals surface area contributed by atoms with E-state index in [1.165, 1.54) is 0 Å². The molecule has 0 atom stereocenters. The zero-order valence-corrected chi connectivity index (χ0v) is 10.5. The molecule has 0 aliphatic heterocycles. The number of aromatic nitrogens is 2. The maximum absolute atomic E-state index is 9.18. The summed E-state index contributed by atoms with van der Waals surface area (Å²) < 4.78 is 0. The number of hydrogen-bond acceptors (Lipinski definition) is 5. The lowest BCUT2D eigenvalue weighted by Crippen LogP contribution is -2.03. The van der Waals surface area contributed by atoms with Crippen molar-refractivity contribution in [2.24, 2.45) is 0 Å². The molecule has 17 heavy (non-hydrogen) atoms. The number of aliphatic hydroxyl groups is 1. The van der Waals surface area contributed by atoms with Crippen LogP contribution in [0.1, 0.15) is 23.2 Å². The highest BCUT2D eigenvalue weighted by atomic mass is 32.1. The smallest absolute Gasteiger partial charge is 0.0926 e. The molecule has 5 heteroatoms. The third-order valence-electron chi connectivity index (χ3n) is 2.44. The second-order valence-electron chi connectivity index (χ2n) is 3.63. The second kappa shape index (κ2) is 5.75. The summed E-state index contributed by atoms with van der Waals surface area (Å²) in [6.07, 6.45) is 4.37. The van der Waals surface area contributed by atoms with Gasteiger partial charge in [-0.15, -0.1) is 11.3 Å². The molecule has 0 amide bonds. The van der Waals surface area contributed by atoms with Gasteiger partial charge in [-0.3, -0.25) is 4.98 Å². The number of aryl methyl sites for hydroxylation is 1. The Morgan fingerprint density at radius 1 is 1.47 bits per heavy atom. The summed E-state index contributed by atoms with van der Waals surface area (Å²) in [5, 5.41) is 15.6. The number of aliphatic hydroxyl groups excluding tert-OH is 1. The van der Waals surface area contributed by atoms with Gasteiger partial charge >= 0.3 is 0 Å². The van der Waals surface area contributed by atoms with Crippen LogP contribution >= 0.6 is 11.3 Å². The molecule has 0 spiro atoms. The summed E-state index contributed by atoms with van der Waals surface area (Å²) in [5.41, 5.74) is 2.74. The average Bonchev–Trinajstić information content (AvgIpc) is 2.84. The van der Waals surface area contributed by atoms with Crippen LogP contribution < -0.4 is 5.32 Å². The Hall–Kier alpha value is -1.46. The minimum Gasteiger partial charge on any atom is -0.392 e. The first-order chi connectivity index (χ1) is 8.33. The summed E-state index contributed by atoms with van der Waals surface area (Å²) >= 11 is 1.68. The van der Waals surface area contributed by atoms with Crippen molar-refractivity contribution in [2.75, 3.05) is 5.32 Å². The van der Waals surface area contributed by atoms with E-state index in [2.05, 4.69) is 27.6 Å². The largest absolute Gasteiger partial charge is 0.392 e. The Kier molecular flexibility index (Phi) is 4.06. The van der Waals surface area contributed by atoms with E-state index in [9.17, 15) is 5.11 Å². The van der Waals surface area contributed by atoms with Crippen LogP contribution in [0.2, 0.25) is 0 Å². The summed E-state index contributed by atoms with van der Waals surface area (Å²) in [7, 11) is 0. The van der Waals surface area contributed by atoms with E-state index in [0.29, 0.717) is 6.54 Å². The quantitative estimate of drug-likeness (QED) is 0.853. The van der Waals surface area contributed by atoms with Gasteiger partial charge < -0.3 is 10.4 Å². The summed E-state index contributed by atoms with van der Waals surface area (Å²) in [6.45, 7) is 2.78. The van der Waals surface area contributed by atoms with Crippen molar-refractivity contribution < 1.29 is 5.11 Å². The molecule has 0 saturated heterocycles. The molecule has 0 fully saturated rings. The molecule has 0 aromatic carbocycles. The number of pyridine rings is 1. The first-order valence-electron chi connectivity index (χ1n) is 5.54. The van der Waals surface area contributed by atoms with E-state index in [1.807, 2.05) is 0 Å². The second-order valence-corrected chi connectivity index (χ2v) is 4.57. The SMILES string of the molecule is CCc1nc(CNc2cnccc2CO)cs1. The Morgan fingerprint density at radius 3 is 3.06 bits per heavy atom. The highest BCUT2D eigenvalue weighted by Crippen LogP contribution is 2.16. The Balaban J connectivity index is 2.01.